The molecule has 2 unspecified atom stereocenters. The van der Waals surface area contributed by atoms with Crippen LogP contribution in [0.3, 0.4) is 0 Å². The summed E-state index contributed by atoms with van der Waals surface area (Å²) < 4.78 is 5.16. The van der Waals surface area contributed by atoms with Gasteiger partial charge in [-0.2, -0.15) is 0 Å². The molecule has 0 heterocycles. The van der Waals surface area contributed by atoms with Crippen molar-refractivity contribution in [2.75, 3.05) is 13.7 Å². The normalized spacial score (nSPS) is 16.5. The number of hydrogen-bond acceptors (Lipinski definition) is 2. The summed E-state index contributed by atoms with van der Waals surface area (Å²) in [5.41, 5.74) is 0. The summed E-state index contributed by atoms with van der Waals surface area (Å²) in [6, 6.07) is 0.627. The van der Waals surface area contributed by atoms with Crippen LogP contribution in [0.1, 0.15) is 34.1 Å². The fourth-order valence-corrected chi connectivity index (χ4v) is 1.25. The van der Waals surface area contributed by atoms with Crippen molar-refractivity contribution < 1.29 is 4.74 Å². The summed E-state index contributed by atoms with van der Waals surface area (Å²) in [6.45, 7) is 9.75. The van der Waals surface area contributed by atoms with Crippen LogP contribution in [0, 0.1) is 5.92 Å². The smallest absolute Gasteiger partial charge is 0.0667 e. The van der Waals surface area contributed by atoms with E-state index in [0.717, 1.165) is 6.54 Å². The molecule has 0 saturated heterocycles. The van der Waals surface area contributed by atoms with Gasteiger partial charge in [0.25, 0.3) is 0 Å². The number of methoxy groups -OCH3 is 1. The first-order valence-electron chi connectivity index (χ1n) is 4.88. The second-order valence-electron chi connectivity index (χ2n) is 3.71. The molecule has 0 aliphatic rings. The van der Waals surface area contributed by atoms with E-state index in [0.29, 0.717) is 18.1 Å². The van der Waals surface area contributed by atoms with E-state index in [-0.39, 0.29) is 0 Å². The Balaban J connectivity index is 3.58. The molecule has 74 valence electrons. The predicted octanol–water partition coefficient (Wildman–Crippen LogP) is 2.05. The topological polar surface area (TPSA) is 21.3 Å². The van der Waals surface area contributed by atoms with Gasteiger partial charge in [0.1, 0.15) is 0 Å². The van der Waals surface area contributed by atoms with Crippen molar-refractivity contribution in [2.24, 2.45) is 5.92 Å². The fourth-order valence-electron chi connectivity index (χ4n) is 1.25. The largest absolute Gasteiger partial charge is 0.380 e. The van der Waals surface area contributed by atoms with Gasteiger partial charge in [-0.3, -0.25) is 0 Å². The highest BCUT2D eigenvalue weighted by atomic mass is 16.5. The van der Waals surface area contributed by atoms with Crippen LogP contribution in [0.2, 0.25) is 0 Å². The van der Waals surface area contributed by atoms with Gasteiger partial charge in [0.05, 0.1) is 6.10 Å². The zero-order valence-corrected chi connectivity index (χ0v) is 9.05. The van der Waals surface area contributed by atoms with E-state index in [1.165, 1.54) is 6.42 Å². The summed E-state index contributed by atoms with van der Waals surface area (Å²) in [4.78, 5) is 0. The maximum absolute atomic E-state index is 5.16. The zero-order valence-electron chi connectivity index (χ0n) is 9.05. The monoisotopic (exact) mass is 173 g/mol. The zero-order chi connectivity index (χ0) is 9.56. The minimum absolute atomic E-state index is 0.317. The Labute approximate surface area is 76.7 Å². The van der Waals surface area contributed by atoms with Gasteiger partial charge < -0.3 is 10.1 Å². The lowest BCUT2D eigenvalue weighted by Crippen LogP contribution is -2.38. The van der Waals surface area contributed by atoms with Gasteiger partial charge >= 0.3 is 0 Å². The number of hydrogen-bond donors (Lipinski definition) is 1. The van der Waals surface area contributed by atoms with Gasteiger partial charge in [-0.05, 0) is 19.3 Å². The van der Waals surface area contributed by atoms with Crippen LogP contribution in [0.4, 0.5) is 0 Å². The molecule has 0 bridgehead atoms. The molecule has 0 aromatic rings. The third kappa shape index (κ3) is 4.73. The van der Waals surface area contributed by atoms with Crippen LogP contribution in [0.25, 0.3) is 0 Å². The van der Waals surface area contributed by atoms with E-state index in [1.807, 2.05) is 0 Å². The van der Waals surface area contributed by atoms with Crippen LogP contribution in [-0.4, -0.2) is 25.8 Å². The highest BCUT2D eigenvalue weighted by molar-refractivity contribution is 4.69. The van der Waals surface area contributed by atoms with Crippen molar-refractivity contribution in [3.8, 4) is 0 Å². The van der Waals surface area contributed by atoms with Crippen LogP contribution >= 0.6 is 0 Å². The van der Waals surface area contributed by atoms with Crippen molar-refractivity contribution in [2.45, 2.75) is 46.3 Å². The van der Waals surface area contributed by atoms with E-state index >= 15 is 0 Å². The molecule has 0 fully saturated rings. The Morgan fingerprint density at radius 1 is 1.25 bits per heavy atom. The molecule has 0 aromatic carbocycles. The van der Waals surface area contributed by atoms with Crippen LogP contribution in [-0.2, 0) is 4.74 Å². The molecule has 0 radical (unpaired) electrons. The molecule has 0 saturated carbocycles. The van der Waals surface area contributed by atoms with Crippen molar-refractivity contribution in [1.29, 1.82) is 0 Å². The molecule has 2 atom stereocenters. The van der Waals surface area contributed by atoms with E-state index in [9.17, 15) is 0 Å². The standard InChI is InChI=1S/C10H23NO/c1-6-10(8(2)3)11-7-9(4)12-5/h8-11H,6-7H2,1-5H3. The summed E-state index contributed by atoms with van der Waals surface area (Å²) >= 11 is 0. The lowest BCUT2D eigenvalue weighted by Gasteiger charge is -2.22. The van der Waals surface area contributed by atoms with Crippen molar-refractivity contribution in [3.63, 3.8) is 0 Å². The molecule has 0 aromatic heterocycles. The Hall–Kier alpha value is -0.0800. The summed E-state index contributed by atoms with van der Waals surface area (Å²) in [5, 5.41) is 3.49. The fraction of sp³-hybridized carbons (Fsp3) is 1.00. The Morgan fingerprint density at radius 3 is 2.17 bits per heavy atom. The highest BCUT2D eigenvalue weighted by Gasteiger charge is 2.10. The average molecular weight is 173 g/mol. The second-order valence-corrected chi connectivity index (χ2v) is 3.71. The number of rotatable bonds is 6. The average Bonchev–Trinajstić information content (AvgIpc) is 2.04. The summed E-state index contributed by atoms with van der Waals surface area (Å²) in [6.07, 6.45) is 1.51. The first-order chi connectivity index (χ1) is 5.61. The van der Waals surface area contributed by atoms with Crippen molar-refractivity contribution >= 4 is 0 Å². The Kier molecular flexibility index (Phi) is 6.39. The van der Waals surface area contributed by atoms with Crippen LogP contribution in [0.5, 0.6) is 0 Å². The minimum atomic E-state index is 0.317. The van der Waals surface area contributed by atoms with Gasteiger partial charge in [-0.15, -0.1) is 0 Å². The number of ether oxygens (including phenoxy) is 1. The molecule has 1 N–H and O–H groups in total. The van der Waals surface area contributed by atoms with Crippen molar-refractivity contribution in [1.82, 2.24) is 5.32 Å². The Bertz CT molecular complexity index is 104. The molecule has 0 spiro atoms. The first-order valence-corrected chi connectivity index (χ1v) is 4.88. The predicted molar refractivity (Wildman–Crippen MR) is 53.4 cm³/mol. The van der Waals surface area contributed by atoms with E-state index < -0.39 is 0 Å². The lowest BCUT2D eigenvalue weighted by molar-refractivity contribution is 0.112. The molecule has 12 heavy (non-hydrogen) atoms. The third-order valence-electron chi connectivity index (χ3n) is 2.31. The van der Waals surface area contributed by atoms with Gasteiger partial charge in [0, 0.05) is 19.7 Å². The quantitative estimate of drug-likeness (QED) is 0.663. The summed E-state index contributed by atoms with van der Waals surface area (Å²) in [7, 11) is 1.75. The molecule has 0 amide bonds. The molecular weight excluding hydrogens is 150 g/mol. The van der Waals surface area contributed by atoms with Gasteiger partial charge in [0.2, 0.25) is 0 Å². The Morgan fingerprint density at radius 2 is 1.83 bits per heavy atom. The molecule has 0 aliphatic heterocycles. The van der Waals surface area contributed by atoms with Crippen molar-refractivity contribution in [3.05, 3.63) is 0 Å². The molecule has 2 heteroatoms. The molecular formula is C10H23NO. The second kappa shape index (κ2) is 6.44. The van der Waals surface area contributed by atoms with E-state index in [1.54, 1.807) is 7.11 Å². The van der Waals surface area contributed by atoms with E-state index in [2.05, 4.69) is 33.0 Å². The maximum atomic E-state index is 5.16. The van der Waals surface area contributed by atoms with Gasteiger partial charge in [-0.1, -0.05) is 20.8 Å². The summed E-state index contributed by atoms with van der Waals surface area (Å²) in [5.74, 6) is 0.707. The maximum Gasteiger partial charge on any atom is 0.0667 e. The lowest BCUT2D eigenvalue weighted by atomic mass is 10.0. The first kappa shape index (κ1) is 11.9. The molecule has 2 nitrogen and oxygen atoms in total. The number of nitrogens with one attached hydrogen (secondary N) is 1. The minimum Gasteiger partial charge on any atom is -0.380 e. The van der Waals surface area contributed by atoms with Gasteiger partial charge in [0.15, 0.2) is 0 Å². The van der Waals surface area contributed by atoms with Gasteiger partial charge in [-0.25, -0.2) is 0 Å². The molecule has 0 aliphatic carbocycles. The third-order valence-corrected chi connectivity index (χ3v) is 2.31. The molecule has 0 rings (SSSR count). The highest BCUT2D eigenvalue weighted by Crippen LogP contribution is 2.05. The SMILES string of the molecule is CCC(NCC(C)OC)C(C)C. The van der Waals surface area contributed by atoms with Crippen LogP contribution in [0.15, 0.2) is 0 Å². The van der Waals surface area contributed by atoms with Crippen LogP contribution < -0.4 is 5.32 Å². The van der Waals surface area contributed by atoms with E-state index in [4.69, 9.17) is 4.74 Å².